The second-order valence-corrected chi connectivity index (χ2v) is 7.45. The summed E-state index contributed by atoms with van der Waals surface area (Å²) < 4.78 is 14.8. The Bertz CT molecular complexity index is 1030. The number of aryl methyl sites for hydroxylation is 2. The maximum Gasteiger partial charge on any atom is 0.252 e. The molecule has 1 amide bonds. The van der Waals surface area contributed by atoms with Crippen LogP contribution in [0.3, 0.4) is 0 Å². The Morgan fingerprint density at radius 3 is 2.79 bits per heavy atom. The fraction of sp³-hybridized carbons (Fsp3) is 0.450. The van der Waals surface area contributed by atoms with Gasteiger partial charge in [-0.1, -0.05) is 0 Å². The zero-order valence-corrected chi connectivity index (χ0v) is 16.8. The molecule has 8 nitrogen and oxygen atoms in total. The molecule has 1 fully saturated rings. The van der Waals surface area contributed by atoms with E-state index in [1.54, 1.807) is 10.6 Å². The van der Waals surface area contributed by atoms with Crippen LogP contribution in [0.5, 0.6) is 0 Å². The van der Waals surface area contributed by atoms with Crippen LogP contribution in [0.2, 0.25) is 0 Å². The van der Waals surface area contributed by atoms with Crippen LogP contribution in [0.1, 0.15) is 30.3 Å². The predicted octanol–water partition coefficient (Wildman–Crippen LogP) is 1.95. The average molecular weight is 397 g/mol. The van der Waals surface area contributed by atoms with Gasteiger partial charge in [0.2, 0.25) is 5.91 Å². The highest BCUT2D eigenvalue weighted by Gasteiger charge is 2.27. The number of rotatable bonds is 4. The van der Waals surface area contributed by atoms with E-state index >= 15 is 0 Å². The summed E-state index contributed by atoms with van der Waals surface area (Å²) in [6.45, 7) is 7.90. The molecular weight excluding hydrogens is 373 g/mol. The van der Waals surface area contributed by atoms with Gasteiger partial charge in [-0.25, -0.2) is 18.9 Å². The Balaban J connectivity index is 1.39. The molecule has 0 N–H and O–H groups in total. The van der Waals surface area contributed by atoms with Crippen molar-refractivity contribution in [3.63, 3.8) is 0 Å². The Labute approximate surface area is 168 Å². The minimum atomic E-state index is -0.348. The molecule has 0 bridgehead atoms. The molecule has 1 aliphatic rings. The number of piperazine rings is 1. The summed E-state index contributed by atoms with van der Waals surface area (Å²) >= 11 is 0. The van der Waals surface area contributed by atoms with Crippen molar-refractivity contribution in [1.82, 2.24) is 29.5 Å². The molecule has 1 aliphatic heterocycles. The summed E-state index contributed by atoms with van der Waals surface area (Å²) in [5.74, 6) is 1.10. The largest absolute Gasteiger partial charge is 0.350 e. The fourth-order valence-electron chi connectivity index (χ4n) is 3.97. The van der Waals surface area contributed by atoms with E-state index in [1.807, 2.05) is 18.7 Å². The number of pyridine rings is 1. The number of nitrogens with zero attached hydrogens (tertiary/aromatic N) is 7. The zero-order valence-electron chi connectivity index (χ0n) is 16.8. The number of carbonyl (C=O) groups is 1. The van der Waals surface area contributed by atoms with Crippen LogP contribution in [-0.4, -0.2) is 61.0 Å². The van der Waals surface area contributed by atoms with E-state index in [4.69, 9.17) is 0 Å². The van der Waals surface area contributed by atoms with Crippen molar-refractivity contribution in [2.75, 3.05) is 24.5 Å². The maximum atomic E-state index is 13.1. The smallest absolute Gasteiger partial charge is 0.252 e. The first-order valence-corrected chi connectivity index (χ1v) is 9.76. The number of carbonyl (C=O) groups excluding carboxylic acids is 1. The quantitative estimate of drug-likeness (QED) is 0.670. The van der Waals surface area contributed by atoms with Crippen molar-refractivity contribution in [2.24, 2.45) is 0 Å². The monoisotopic (exact) mass is 397 g/mol. The standard InChI is InChI=1S/C20H24FN7O/c1-13-11-26(8-9-27(13)18-6-4-16(21)10-22-18)19(29)7-5-17-14(2)25-20-23-12-24-28(20)15(17)3/h4,6,10,12-13H,5,7-9,11H2,1-3H3. The minimum Gasteiger partial charge on any atom is -0.350 e. The Kier molecular flexibility index (Phi) is 5.12. The van der Waals surface area contributed by atoms with Crippen LogP contribution in [0, 0.1) is 19.7 Å². The number of anilines is 1. The van der Waals surface area contributed by atoms with Crippen molar-refractivity contribution in [3.05, 3.63) is 47.4 Å². The van der Waals surface area contributed by atoms with Crippen LogP contribution < -0.4 is 4.90 Å². The lowest BCUT2D eigenvalue weighted by molar-refractivity contribution is -0.131. The number of hydrogen-bond acceptors (Lipinski definition) is 6. The second kappa shape index (κ2) is 7.73. The Hall–Kier alpha value is -3.10. The molecule has 0 radical (unpaired) electrons. The highest BCUT2D eigenvalue weighted by molar-refractivity contribution is 5.77. The molecule has 3 aromatic heterocycles. The first kappa shape index (κ1) is 19.2. The van der Waals surface area contributed by atoms with Gasteiger partial charge in [-0.2, -0.15) is 10.1 Å². The van der Waals surface area contributed by atoms with Gasteiger partial charge in [0.15, 0.2) is 0 Å². The number of halogens is 1. The van der Waals surface area contributed by atoms with Gasteiger partial charge in [-0.05, 0) is 44.9 Å². The van der Waals surface area contributed by atoms with E-state index in [-0.39, 0.29) is 17.8 Å². The maximum absolute atomic E-state index is 13.1. The molecule has 1 saturated heterocycles. The predicted molar refractivity (Wildman–Crippen MR) is 106 cm³/mol. The summed E-state index contributed by atoms with van der Waals surface area (Å²) in [4.78, 5) is 29.6. The number of amides is 1. The van der Waals surface area contributed by atoms with Crippen molar-refractivity contribution in [2.45, 2.75) is 39.7 Å². The van der Waals surface area contributed by atoms with Gasteiger partial charge in [0, 0.05) is 43.5 Å². The molecule has 0 spiro atoms. The van der Waals surface area contributed by atoms with Gasteiger partial charge >= 0.3 is 0 Å². The topological polar surface area (TPSA) is 79.5 Å². The molecule has 4 rings (SSSR count). The average Bonchev–Trinajstić information content (AvgIpc) is 3.17. The van der Waals surface area contributed by atoms with Crippen LogP contribution in [0.15, 0.2) is 24.7 Å². The van der Waals surface area contributed by atoms with E-state index in [0.717, 1.165) is 22.8 Å². The third kappa shape index (κ3) is 3.76. The van der Waals surface area contributed by atoms with Crippen LogP contribution in [-0.2, 0) is 11.2 Å². The first-order valence-electron chi connectivity index (χ1n) is 9.76. The van der Waals surface area contributed by atoms with Crippen LogP contribution >= 0.6 is 0 Å². The molecule has 0 saturated carbocycles. The molecule has 3 aromatic rings. The van der Waals surface area contributed by atoms with Gasteiger partial charge in [0.1, 0.15) is 18.0 Å². The molecule has 29 heavy (non-hydrogen) atoms. The number of aromatic nitrogens is 5. The lowest BCUT2D eigenvalue weighted by atomic mass is 10.1. The van der Waals surface area contributed by atoms with Crippen LogP contribution in [0.4, 0.5) is 10.2 Å². The summed E-state index contributed by atoms with van der Waals surface area (Å²) in [5.41, 5.74) is 2.90. The molecule has 0 aliphatic carbocycles. The summed E-state index contributed by atoms with van der Waals surface area (Å²) in [6.07, 6.45) is 3.75. The highest BCUT2D eigenvalue weighted by Crippen LogP contribution is 2.20. The van der Waals surface area contributed by atoms with Crippen molar-refractivity contribution >= 4 is 17.5 Å². The molecule has 9 heteroatoms. The van der Waals surface area contributed by atoms with E-state index in [9.17, 15) is 9.18 Å². The fourth-order valence-corrected chi connectivity index (χ4v) is 3.97. The van der Waals surface area contributed by atoms with E-state index in [1.165, 1.54) is 18.6 Å². The highest BCUT2D eigenvalue weighted by atomic mass is 19.1. The zero-order chi connectivity index (χ0) is 20.5. The van der Waals surface area contributed by atoms with E-state index in [2.05, 4.69) is 31.9 Å². The summed E-state index contributed by atoms with van der Waals surface area (Å²) in [7, 11) is 0. The molecule has 4 heterocycles. The lowest BCUT2D eigenvalue weighted by Gasteiger charge is -2.40. The SMILES string of the molecule is Cc1nc2ncnn2c(C)c1CCC(=O)N1CCN(c2ccc(F)cn2)C(C)C1. The molecule has 0 aromatic carbocycles. The third-order valence-electron chi connectivity index (χ3n) is 5.56. The lowest BCUT2D eigenvalue weighted by Crippen LogP contribution is -2.54. The van der Waals surface area contributed by atoms with Gasteiger partial charge in [-0.15, -0.1) is 0 Å². The van der Waals surface area contributed by atoms with Crippen molar-refractivity contribution < 1.29 is 9.18 Å². The third-order valence-corrected chi connectivity index (χ3v) is 5.56. The Morgan fingerprint density at radius 2 is 2.07 bits per heavy atom. The molecular formula is C20H24FN7O. The normalized spacial score (nSPS) is 17.2. The van der Waals surface area contributed by atoms with Gasteiger partial charge in [0.25, 0.3) is 5.78 Å². The molecule has 152 valence electrons. The Morgan fingerprint density at radius 1 is 1.24 bits per heavy atom. The van der Waals surface area contributed by atoms with Crippen molar-refractivity contribution in [3.8, 4) is 0 Å². The summed E-state index contributed by atoms with van der Waals surface area (Å²) in [6, 6.07) is 3.21. The molecule has 1 atom stereocenters. The molecule has 1 unspecified atom stereocenters. The second-order valence-electron chi connectivity index (χ2n) is 7.45. The van der Waals surface area contributed by atoms with E-state index < -0.39 is 0 Å². The number of hydrogen-bond donors (Lipinski definition) is 0. The summed E-state index contributed by atoms with van der Waals surface area (Å²) in [5, 5.41) is 4.20. The van der Waals surface area contributed by atoms with Gasteiger partial charge < -0.3 is 9.80 Å². The van der Waals surface area contributed by atoms with Gasteiger partial charge in [0.05, 0.1) is 6.20 Å². The van der Waals surface area contributed by atoms with Crippen molar-refractivity contribution in [1.29, 1.82) is 0 Å². The van der Waals surface area contributed by atoms with Gasteiger partial charge in [-0.3, -0.25) is 4.79 Å². The minimum absolute atomic E-state index is 0.113. The number of fused-ring (bicyclic) bond motifs is 1. The van der Waals surface area contributed by atoms with Crippen LogP contribution in [0.25, 0.3) is 5.78 Å². The van der Waals surface area contributed by atoms with E-state index in [0.29, 0.717) is 38.3 Å². The first-order chi connectivity index (χ1) is 13.9.